The summed E-state index contributed by atoms with van der Waals surface area (Å²) in [5.74, 6) is -10.1. The van der Waals surface area contributed by atoms with Gasteiger partial charge in [0.2, 0.25) is 0 Å². The first-order valence-corrected chi connectivity index (χ1v) is 20.5. The monoisotopic (exact) mass is 884 g/mol. The molecular formula is C46H52N4O14. The molecule has 0 fully saturated rings. The van der Waals surface area contributed by atoms with Crippen molar-refractivity contribution in [2.45, 2.75) is 85.6 Å². The molecule has 1 amide bonds. The Bertz CT molecular complexity index is 2710. The fourth-order valence-electron chi connectivity index (χ4n) is 8.28. The third-order valence-electron chi connectivity index (χ3n) is 12.2. The van der Waals surface area contributed by atoms with Crippen LogP contribution in [0.2, 0.25) is 0 Å². The summed E-state index contributed by atoms with van der Waals surface area (Å²) in [6.07, 6.45) is 3.82. The highest BCUT2D eigenvalue weighted by Crippen LogP contribution is 2.50. The summed E-state index contributed by atoms with van der Waals surface area (Å²) >= 11 is 0. The summed E-state index contributed by atoms with van der Waals surface area (Å²) in [6.45, 7) is 12.0. The molecule has 340 valence electrons. The number of para-hydroxylation sites is 1. The zero-order valence-electron chi connectivity index (χ0n) is 36.7. The molecule has 4 heterocycles. The standard InChI is InChI=1S/C46H52N4O14/c1-20-13-12-14-21(2)43(58)49-34-28(19-47-50-44(59)27-15-10-11-16-29(27)48-45(50)60)38(55)31-32(39(34)56)37(54)25(6)41-33(31)42(57)46(8,64-41)62-18-17-30(61-9)22(3)40(63-26(7)51)24(5)36(53)23(4)35(20)52/h10-20,22-24,30,35-36,40,47,52-54,56H,1-9H3,(H,48,60)(H,49,58)/b13-12+,18-17+,21-14-,28-19+/t20-,22-,23-,24-,30+,35+,36-,40-,46+/m1/s1. The predicted octanol–water partition coefficient (Wildman–Crippen LogP) is 3.92. The van der Waals surface area contributed by atoms with Crippen molar-refractivity contribution in [1.29, 1.82) is 0 Å². The highest BCUT2D eigenvalue weighted by Gasteiger charge is 2.52. The number of aliphatic hydroxyl groups excluding tert-OH is 3. The van der Waals surface area contributed by atoms with E-state index in [0.29, 0.717) is 4.68 Å². The molecule has 7 N–H and O–H groups in total. The number of methoxy groups -OCH3 is 1. The van der Waals surface area contributed by atoms with E-state index in [2.05, 4.69) is 15.7 Å². The number of amides is 1. The van der Waals surface area contributed by atoms with E-state index in [-0.39, 0.29) is 33.4 Å². The molecule has 3 aliphatic heterocycles. The molecule has 4 aliphatic rings. The number of esters is 1. The molecule has 1 aliphatic carbocycles. The summed E-state index contributed by atoms with van der Waals surface area (Å²) < 4.78 is 24.0. The maximum Gasteiger partial charge on any atom is 0.348 e. The van der Waals surface area contributed by atoms with E-state index in [1.165, 1.54) is 65.2 Å². The van der Waals surface area contributed by atoms with Crippen LogP contribution in [0, 0.1) is 30.6 Å². The number of carbonyl (C=O) groups is 4. The summed E-state index contributed by atoms with van der Waals surface area (Å²) in [4.78, 5) is 84.6. The second-order valence-corrected chi connectivity index (χ2v) is 16.5. The Morgan fingerprint density at radius 2 is 1.62 bits per heavy atom. The number of ether oxygens (including phenoxy) is 4. The number of H-pyrrole nitrogens is 1. The van der Waals surface area contributed by atoms with E-state index in [0.717, 1.165) is 12.5 Å². The molecule has 64 heavy (non-hydrogen) atoms. The highest BCUT2D eigenvalue weighted by atomic mass is 16.7. The number of aromatic amines is 1. The van der Waals surface area contributed by atoms with Crippen molar-refractivity contribution in [3.63, 3.8) is 0 Å². The molecule has 5 bridgehead atoms. The number of allylic oxidation sites excluding steroid dienone is 3. The highest BCUT2D eigenvalue weighted by molar-refractivity contribution is 6.26. The third kappa shape index (κ3) is 8.38. The number of aliphatic hydroxyl groups is 3. The van der Waals surface area contributed by atoms with Crippen LogP contribution in [0.15, 0.2) is 87.5 Å². The maximum absolute atomic E-state index is 14.8. The third-order valence-corrected chi connectivity index (χ3v) is 12.2. The van der Waals surface area contributed by atoms with Crippen LogP contribution in [0.1, 0.15) is 80.3 Å². The van der Waals surface area contributed by atoms with Gasteiger partial charge >= 0.3 is 17.4 Å². The van der Waals surface area contributed by atoms with E-state index in [9.17, 15) is 49.2 Å². The smallest absolute Gasteiger partial charge is 0.348 e. The van der Waals surface area contributed by atoms with Crippen LogP contribution in [0.25, 0.3) is 16.7 Å². The average Bonchev–Trinajstić information content (AvgIpc) is 3.52. The minimum absolute atomic E-state index is 0.0342. The molecule has 1 aromatic heterocycles. The van der Waals surface area contributed by atoms with Gasteiger partial charge in [0.25, 0.3) is 17.2 Å². The zero-order chi connectivity index (χ0) is 47.1. The first-order chi connectivity index (χ1) is 30.1. The number of phenolic OH excluding ortho intramolecular Hbond substituents is 1. The van der Waals surface area contributed by atoms with E-state index in [1.54, 1.807) is 45.9 Å². The van der Waals surface area contributed by atoms with Gasteiger partial charge < -0.3 is 49.7 Å². The number of Topliss-reactive ketones (excluding diaryl/α,β-unsaturated/α-hetero) is 2. The minimum Gasteiger partial charge on any atom is -0.507 e. The molecule has 3 aromatic rings. The topological polar surface area (TPSA) is 265 Å². The van der Waals surface area contributed by atoms with Crippen molar-refractivity contribution in [3.05, 3.63) is 121 Å². The quantitative estimate of drug-likeness (QED) is 0.145. The van der Waals surface area contributed by atoms with Gasteiger partial charge in [0.05, 0.1) is 63.4 Å². The molecule has 9 atom stereocenters. The number of aromatic hydroxyl groups is 1. The van der Waals surface area contributed by atoms with E-state index < -0.39 is 122 Å². The van der Waals surface area contributed by atoms with Crippen LogP contribution in [-0.2, 0) is 23.8 Å². The number of fused-ring (bicyclic) bond motifs is 15. The Balaban J connectivity index is 1.53. The number of nitrogens with one attached hydrogen (secondary N) is 3. The Hall–Kier alpha value is -6.76. The first kappa shape index (κ1) is 46.7. The summed E-state index contributed by atoms with van der Waals surface area (Å²) in [5, 5.41) is 49.1. The fourth-order valence-corrected chi connectivity index (χ4v) is 8.28. The number of hydrogen-bond donors (Lipinski definition) is 7. The zero-order valence-corrected chi connectivity index (χ0v) is 36.7. The number of ketones is 2. The SMILES string of the molecule is CO[C@H]1/C=C/O[C@@]2(C)Oc3c(C)c(O)c4c(c3C2=O)C(=O)/C(=C/Nn2c(=O)[nH]c3ccccc3c2=O)C(=C4O)NC(=O)/C(C)=C\C=C\[C@@H](C)[C@H](O)[C@@H](C)[C@@H](O)[C@@H](C)[C@H](OC(C)=O)[C@@H]1C. The molecule has 0 radical (unpaired) electrons. The van der Waals surface area contributed by atoms with Gasteiger partial charge in [0, 0.05) is 62.0 Å². The maximum atomic E-state index is 14.8. The van der Waals surface area contributed by atoms with Crippen molar-refractivity contribution < 1.29 is 58.6 Å². The Morgan fingerprint density at radius 3 is 2.30 bits per heavy atom. The van der Waals surface area contributed by atoms with Crippen molar-refractivity contribution in [2.75, 3.05) is 12.5 Å². The van der Waals surface area contributed by atoms with Crippen LogP contribution in [0.4, 0.5) is 0 Å². The minimum atomic E-state index is -2.18. The lowest BCUT2D eigenvalue weighted by molar-refractivity contribution is -0.160. The molecule has 0 spiro atoms. The van der Waals surface area contributed by atoms with Crippen molar-refractivity contribution >= 4 is 40.1 Å². The predicted molar refractivity (Wildman–Crippen MR) is 233 cm³/mol. The number of rotatable bonds is 4. The lowest BCUT2D eigenvalue weighted by atomic mass is 9.78. The van der Waals surface area contributed by atoms with Gasteiger partial charge in [0.15, 0.2) is 11.5 Å². The van der Waals surface area contributed by atoms with Gasteiger partial charge in [-0.15, -0.1) is 0 Å². The van der Waals surface area contributed by atoms with Crippen molar-refractivity contribution in [2.24, 2.45) is 23.7 Å². The van der Waals surface area contributed by atoms with Gasteiger partial charge in [-0.1, -0.05) is 58.1 Å². The van der Waals surface area contributed by atoms with Crippen LogP contribution >= 0.6 is 0 Å². The molecule has 0 saturated carbocycles. The van der Waals surface area contributed by atoms with E-state index in [4.69, 9.17) is 18.9 Å². The largest absolute Gasteiger partial charge is 0.507 e. The number of benzene rings is 2. The molecular weight excluding hydrogens is 833 g/mol. The van der Waals surface area contributed by atoms with Crippen LogP contribution < -0.4 is 26.7 Å². The van der Waals surface area contributed by atoms with Gasteiger partial charge in [-0.25, -0.2) is 4.79 Å². The molecule has 0 unspecified atom stereocenters. The number of aromatic nitrogens is 2. The van der Waals surface area contributed by atoms with Crippen molar-refractivity contribution in [1.82, 2.24) is 15.0 Å². The second kappa shape index (κ2) is 18.1. The number of nitrogens with zero attached hydrogens (tertiary/aromatic N) is 1. The first-order valence-electron chi connectivity index (χ1n) is 20.5. The number of hydrogen-bond acceptors (Lipinski definition) is 15. The summed E-state index contributed by atoms with van der Waals surface area (Å²) in [6, 6.07) is 6.18. The average molecular weight is 885 g/mol. The Morgan fingerprint density at radius 1 is 0.938 bits per heavy atom. The lowest BCUT2D eigenvalue weighted by Crippen LogP contribution is -2.46. The second-order valence-electron chi connectivity index (χ2n) is 16.5. The van der Waals surface area contributed by atoms with Crippen LogP contribution in [-0.4, -0.2) is 90.8 Å². The summed E-state index contributed by atoms with van der Waals surface area (Å²) in [7, 11) is 1.39. The van der Waals surface area contributed by atoms with E-state index >= 15 is 0 Å². The van der Waals surface area contributed by atoms with Gasteiger partial charge in [-0.3, -0.25) is 29.4 Å². The number of phenols is 1. The fraction of sp³-hybridized carbons (Fsp3) is 0.391. The molecule has 2 aromatic carbocycles. The van der Waals surface area contributed by atoms with Gasteiger partial charge in [0.1, 0.15) is 17.6 Å². The van der Waals surface area contributed by atoms with Crippen molar-refractivity contribution in [3.8, 4) is 11.5 Å². The molecule has 18 nitrogen and oxygen atoms in total. The molecule has 0 saturated heterocycles. The van der Waals surface area contributed by atoms with E-state index in [1.807, 2.05) is 0 Å². The van der Waals surface area contributed by atoms with Gasteiger partial charge in [-0.2, -0.15) is 4.68 Å². The summed E-state index contributed by atoms with van der Waals surface area (Å²) in [5.41, 5.74) is -1.57. The van der Waals surface area contributed by atoms with Crippen LogP contribution in [0.3, 0.4) is 0 Å². The number of carbonyl (C=O) groups excluding carboxylic acids is 4. The van der Waals surface area contributed by atoms with Crippen LogP contribution in [0.5, 0.6) is 11.5 Å². The normalized spacial score (nSPS) is 30.3. The Kier molecular flexibility index (Phi) is 13.3. The Labute approximate surface area is 367 Å². The van der Waals surface area contributed by atoms with Gasteiger partial charge in [-0.05, 0) is 32.1 Å². The molecule has 7 rings (SSSR count). The molecule has 18 heteroatoms. The lowest BCUT2D eigenvalue weighted by Gasteiger charge is -2.38.